The third-order valence-corrected chi connectivity index (χ3v) is 3.55. The van der Waals surface area contributed by atoms with Gasteiger partial charge in [0.2, 0.25) is 5.91 Å². The van der Waals surface area contributed by atoms with E-state index in [9.17, 15) is 9.59 Å². The Kier molecular flexibility index (Phi) is 4.62. The van der Waals surface area contributed by atoms with E-state index in [1.54, 1.807) is 0 Å². The Hall–Kier alpha value is -2.30. The number of aliphatic carboxylic acids is 1. The summed E-state index contributed by atoms with van der Waals surface area (Å²) in [5.41, 5.74) is 3.12. The molecule has 1 aromatic heterocycles. The molecule has 1 unspecified atom stereocenters. The minimum Gasteiger partial charge on any atom is -0.481 e. The molecule has 2 aromatic rings. The zero-order valence-corrected chi connectivity index (χ0v) is 12.3. The van der Waals surface area contributed by atoms with Gasteiger partial charge in [0.05, 0.1) is 6.42 Å². The number of hydrogen-bond acceptors (Lipinski definition) is 2. The first-order valence-corrected chi connectivity index (χ1v) is 7.04. The van der Waals surface area contributed by atoms with E-state index < -0.39 is 5.97 Å². The highest BCUT2D eigenvalue weighted by molar-refractivity contribution is 5.91. The topological polar surface area (TPSA) is 82.2 Å². The number of fused-ring (bicyclic) bond motifs is 1. The van der Waals surface area contributed by atoms with Gasteiger partial charge in [-0.1, -0.05) is 12.1 Å². The summed E-state index contributed by atoms with van der Waals surface area (Å²) in [7, 11) is 0. The number of carbonyl (C=O) groups excluding carboxylic acids is 1. The van der Waals surface area contributed by atoms with Crippen LogP contribution in [-0.2, 0) is 16.0 Å². The molecular weight excluding hydrogens is 268 g/mol. The van der Waals surface area contributed by atoms with Crippen molar-refractivity contribution in [1.82, 2.24) is 10.3 Å². The predicted molar refractivity (Wildman–Crippen MR) is 81.2 cm³/mol. The summed E-state index contributed by atoms with van der Waals surface area (Å²) in [4.78, 5) is 25.7. The van der Waals surface area contributed by atoms with E-state index in [4.69, 9.17) is 5.11 Å². The molecule has 1 heterocycles. The third-order valence-electron chi connectivity index (χ3n) is 3.55. The maximum absolute atomic E-state index is 12.0. The molecule has 1 amide bonds. The molecule has 2 rings (SSSR count). The molecule has 3 N–H and O–H groups in total. The van der Waals surface area contributed by atoms with Crippen LogP contribution in [0.25, 0.3) is 10.9 Å². The van der Waals surface area contributed by atoms with Crippen molar-refractivity contribution in [2.75, 3.05) is 0 Å². The summed E-state index contributed by atoms with van der Waals surface area (Å²) in [5.74, 6) is -0.930. The Morgan fingerprint density at radius 3 is 2.86 bits per heavy atom. The molecule has 1 atom stereocenters. The van der Waals surface area contributed by atoms with Crippen LogP contribution in [0.15, 0.2) is 24.4 Å². The van der Waals surface area contributed by atoms with Crippen molar-refractivity contribution >= 4 is 22.8 Å². The van der Waals surface area contributed by atoms with E-state index in [1.807, 2.05) is 38.2 Å². The molecule has 0 aliphatic carbocycles. The van der Waals surface area contributed by atoms with Crippen molar-refractivity contribution in [3.05, 3.63) is 35.5 Å². The second-order valence-electron chi connectivity index (χ2n) is 5.39. The van der Waals surface area contributed by atoms with Gasteiger partial charge in [0, 0.05) is 29.6 Å². The predicted octanol–water partition coefficient (Wildman–Crippen LogP) is 2.39. The zero-order valence-electron chi connectivity index (χ0n) is 12.3. The van der Waals surface area contributed by atoms with Crippen LogP contribution in [0.5, 0.6) is 0 Å². The Morgan fingerprint density at radius 1 is 1.38 bits per heavy atom. The number of carboxylic acid groups (broad SMARTS) is 1. The van der Waals surface area contributed by atoms with Gasteiger partial charge in [-0.05, 0) is 37.5 Å². The average Bonchev–Trinajstić information content (AvgIpc) is 2.81. The molecule has 0 fully saturated rings. The Labute approximate surface area is 123 Å². The second-order valence-corrected chi connectivity index (χ2v) is 5.39. The lowest BCUT2D eigenvalue weighted by Gasteiger charge is -2.12. The summed E-state index contributed by atoms with van der Waals surface area (Å²) in [5, 5.41) is 12.6. The molecule has 112 valence electrons. The van der Waals surface area contributed by atoms with Crippen molar-refractivity contribution in [3.63, 3.8) is 0 Å². The lowest BCUT2D eigenvalue weighted by Crippen LogP contribution is -2.34. The molecule has 1 aromatic carbocycles. The molecular formula is C16H20N2O3. The van der Waals surface area contributed by atoms with E-state index in [0.717, 1.165) is 22.0 Å². The number of amides is 1. The standard InChI is InChI=1S/C16H20N2O3/c1-10-4-3-5-13-16(10)12(9-17-13)8-14(19)18-11(2)6-7-15(20)21/h3-5,9,11,17H,6-8H2,1-2H3,(H,18,19)(H,20,21). The van der Waals surface area contributed by atoms with Crippen LogP contribution >= 0.6 is 0 Å². The molecule has 5 heteroatoms. The van der Waals surface area contributed by atoms with Crippen LogP contribution in [0.1, 0.15) is 30.9 Å². The van der Waals surface area contributed by atoms with Crippen LogP contribution in [0.4, 0.5) is 0 Å². The summed E-state index contributed by atoms with van der Waals surface area (Å²) in [6.07, 6.45) is 2.66. The number of H-pyrrole nitrogens is 1. The molecule has 0 aliphatic heterocycles. The van der Waals surface area contributed by atoms with Crippen molar-refractivity contribution < 1.29 is 14.7 Å². The SMILES string of the molecule is Cc1cccc2[nH]cc(CC(=O)NC(C)CCC(=O)O)c12. The highest BCUT2D eigenvalue weighted by Crippen LogP contribution is 2.22. The van der Waals surface area contributed by atoms with E-state index >= 15 is 0 Å². The third kappa shape index (κ3) is 3.84. The first-order valence-electron chi connectivity index (χ1n) is 7.04. The van der Waals surface area contributed by atoms with Crippen LogP contribution in [0, 0.1) is 6.92 Å². The maximum atomic E-state index is 12.0. The monoisotopic (exact) mass is 288 g/mol. The summed E-state index contributed by atoms with van der Waals surface area (Å²) >= 11 is 0. The molecule has 0 radical (unpaired) electrons. The average molecular weight is 288 g/mol. The van der Waals surface area contributed by atoms with Gasteiger partial charge in [0.1, 0.15) is 0 Å². The fourth-order valence-corrected chi connectivity index (χ4v) is 2.50. The number of aryl methyl sites for hydroxylation is 1. The number of aromatic amines is 1. The lowest BCUT2D eigenvalue weighted by molar-refractivity contribution is -0.137. The number of carbonyl (C=O) groups is 2. The fraction of sp³-hybridized carbons (Fsp3) is 0.375. The fourth-order valence-electron chi connectivity index (χ4n) is 2.50. The Bertz CT molecular complexity index is 661. The number of hydrogen-bond donors (Lipinski definition) is 3. The Morgan fingerprint density at radius 2 is 2.14 bits per heavy atom. The number of aromatic nitrogens is 1. The van der Waals surface area contributed by atoms with E-state index in [0.29, 0.717) is 12.8 Å². The molecule has 0 spiro atoms. The highest BCUT2D eigenvalue weighted by atomic mass is 16.4. The molecule has 21 heavy (non-hydrogen) atoms. The van der Waals surface area contributed by atoms with Gasteiger partial charge in [-0.2, -0.15) is 0 Å². The first kappa shape index (κ1) is 15.1. The molecule has 0 bridgehead atoms. The highest BCUT2D eigenvalue weighted by Gasteiger charge is 2.13. The normalized spacial score (nSPS) is 12.3. The number of nitrogens with one attached hydrogen (secondary N) is 2. The molecule has 5 nitrogen and oxygen atoms in total. The number of benzene rings is 1. The molecule has 0 saturated heterocycles. The van der Waals surface area contributed by atoms with Gasteiger partial charge < -0.3 is 15.4 Å². The summed E-state index contributed by atoms with van der Waals surface area (Å²) in [6, 6.07) is 5.85. The van der Waals surface area contributed by atoms with Crippen molar-refractivity contribution in [2.24, 2.45) is 0 Å². The van der Waals surface area contributed by atoms with Gasteiger partial charge in [0.15, 0.2) is 0 Å². The number of carboxylic acids is 1. The Balaban J connectivity index is 2.00. The number of rotatable bonds is 6. The minimum absolute atomic E-state index is 0.0631. The largest absolute Gasteiger partial charge is 0.481 e. The zero-order chi connectivity index (χ0) is 15.4. The van der Waals surface area contributed by atoms with Gasteiger partial charge in [0.25, 0.3) is 0 Å². The van der Waals surface area contributed by atoms with Crippen molar-refractivity contribution in [3.8, 4) is 0 Å². The molecule has 0 saturated carbocycles. The minimum atomic E-state index is -0.844. The summed E-state index contributed by atoms with van der Waals surface area (Å²) in [6.45, 7) is 3.84. The lowest BCUT2D eigenvalue weighted by atomic mass is 10.0. The van der Waals surface area contributed by atoms with Crippen molar-refractivity contribution in [1.29, 1.82) is 0 Å². The second kappa shape index (κ2) is 6.43. The van der Waals surface area contributed by atoms with Crippen LogP contribution in [-0.4, -0.2) is 28.0 Å². The van der Waals surface area contributed by atoms with E-state index in [1.165, 1.54) is 0 Å². The first-order chi connectivity index (χ1) is 9.97. The van der Waals surface area contributed by atoms with Crippen LogP contribution in [0.2, 0.25) is 0 Å². The van der Waals surface area contributed by atoms with Gasteiger partial charge in [-0.15, -0.1) is 0 Å². The smallest absolute Gasteiger partial charge is 0.303 e. The maximum Gasteiger partial charge on any atom is 0.303 e. The van der Waals surface area contributed by atoms with Crippen LogP contribution < -0.4 is 5.32 Å². The van der Waals surface area contributed by atoms with Gasteiger partial charge in [-0.3, -0.25) is 9.59 Å². The molecule has 0 aliphatic rings. The van der Waals surface area contributed by atoms with Crippen molar-refractivity contribution in [2.45, 2.75) is 39.2 Å². The van der Waals surface area contributed by atoms with E-state index in [-0.39, 0.29) is 18.4 Å². The van der Waals surface area contributed by atoms with E-state index in [2.05, 4.69) is 10.3 Å². The summed E-state index contributed by atoms with van der Waals surface area (Å²) < 4.78 is 0. The van der Waals surface area contributed by atoms with Crippen LogP contribution in [0.3, 0.4) is 0 Å². The van der Waals surface area contributed by atoms with Gasteiger partial charge in [-0.25, -0.2) is 0 Å². The quantitative estimate of drug-likeness (QED) is 0.763. The van der Waals surface area contributed by atoms with Gasteiger partial charge >= 0.3 is 5.97 Å².